The van der Waals surface area contributed by atoms with Crippen molar-refractivity contribution in [3.63, 3.8) is 0 Å². The fourth-order valence-corrected chi connectivity index (χ4v) is 4.13. The van der Waals surface area contributed by atoms with Gasteiger partial charge in [-0.3, -0.25) is 4.79 Å². The summed E-state index contributed by atoms with van der Waals surface area (Å²) in [6.07, 6.45) is 0.982. The summed E-state index contributed by atoms with van der Waals surface area (Å²) >= 11 is 1.94. The second-order valence-electron chi connectivity index (χ2n) is 5.55. The van der Waals surface area contributed by atoms with Gasteiger partial charge in [-0.05, 0) is 24.1 Å². The summed E-state index contributed by atoms with van der Waals surface area (Å²) in [5.41, 5.74) is 2.00. The molecule has 1 saturated heterocycles. The first-order valence-electron chi connectivity index (χ1n) is 7.88. The van der Waals surface area contributed by atoms with Gasteiger partial charge in [-0.2, -0.15) is 11.8 Å². The molecule has 1 aliphatic heterocycles. The molecule has 4 heteroatoms. The summed E-state index contributed by atoms with van der Waals surface area (Å²) in [5, 5.41) is 0.465. The first-order valence-corrected chi connectivity index (χ1v) is 8.93. The molecule has 0 N–H and O–H groups in total. The Hall–Kier alpha value is -1.94. The highest BCUT2D eigenvalue weighted by Gasteiger charge is 2.24. The number of hydrogen-bond acceptors (Lipinski definition) is 3. The fraction of sp³-hybridized carbons (Fsp3) is 0.316. The molecule has 120 valence electrons. The van der Waals surface area contributed by atoms with Crippen LogP contribution in [0.3, 0.4) is 0 Å². The Morgan fingerprint density at radius 3 is 2.61 bits per heavy atom. The van der Waals surface area contributed by atoms with Gasteiger partial charge < -0.3 is 9.64 Å². The van der Waals surface area contributed by atoms with Gasteiger partial charge in [0.1, 0.15) is 5.75 Å². The first-order chi connectivity index (χ1) is 11.3. The number of carbonyl (C=O) groups is 1. The number of rotatable bonds is 3. The Morgan fingerprint density at radius 1 is 1.09 bits per heavy atom. The van der Waals surface area contributed by atoms with Gasteiger partial charge in [-0.15, -0.1) is 0 Å². The van der Waals surface area contributed by atoms with Crippen LogP contribution in [-0.4, -0.2) is 36.8 Å². The first kappa shape index (κ1) is 15.9. The molecule has 0 radical (unpaired) electrons. The molecule has 2 aromatic carbocycles. The predicted molar refractivity (Wildman–Crippen MR) is 95.2 cm³/mol. The molecule has 1 amide bonds. The average Bonchev–Trinajstić information content (AvgIpc) is 2.88. The van der Waals surface area contributed by atoms with Crippen molar-refractivity contribution in [3.8, 4) is 5.75 Å². The number of nitrogens with zero attached hydrogens (tertiary/aromatic N) is 1. The van der Waals surface area contributed by atoms with Crippen LogP contribution in [0.2, 0.25) is 0 Å². The van der Waals surface area contributed by atoms with Gasteiger partial charge in [0.15, 0.2) is 0 Å². The lowest BCUT2D eigenvalue weighted by atomic mass is 10.1. The number of carbonyl (C=O) groups excluding carboxylic acids is 1. The zero-order valence-corrected chi connectivity index (χ0v) is 14.1. The highest BCUT2D eigenvalue weighted by Crippen LogP contribution is 2.34. The number of amides is 1. The monoisotopic (exact) mass is 327 g/mol. The molecule has 3 rings (SSSR count). The van der Waals surface area contributed by atoms with Crippen LogP contribution in [0.25, 0.3) is 0 Å². The van der Waals surface area contributed by atoms with Crippen molar-refractivity contribution in [1.82, 2.24) is 4.90 Å². The Kier molecular flexibility index (Phi) is 5.23. The third kappa shape index (κ3) is 3.70. The highest BCUT2D eigenvalue weighted by atomic mass is 32.2. The van der Waals surface area contributed by atoms with Gasteiger partial charge in [-0.25, -0.2) is 0 Å². The van der Waals surface area contributed by atoms with E-state index >= 15 is 0 Å². The van der Waals surface area contributed by atoms with Crippen molar-refractivity contribution in [1.29, 1.82) is 0 Å². The van der Waals surface area contributed by atoms with E-state index in [9.17, 15) is 4.79 Å². The van der Waals surface area contributed by atoms with Gasteiger partial charge in [0.05, 0.1) is 12.7 Å². The normalized spacial score (nSPS) is 18.3. The molecule has 1 aliphatic rings. The minimum absolute atomic E-state index is 0.0664. The van der Waals surface area contributed by atoms with E-state index in [4.69, 9.17) is 4.74 Å². The fourth-order valence-electron chi connectivity index (χ4n) is 2.90. The minimum Gasteiger partial charge on any atom is -0.496 e. The van der Waals surface area contributed by atoms with Gasteiger partial charge in [0, 0.05) is 24.1 Å². The van der Waals surface area contributed by atoms with Gasteiger partial charge in [0.2, 0.25) is 0 Å². The van der Waals surface area contributed by atoms with E-state index in [2.05, 4.69) is 24.3 Å². The molecule has 0 spiro atoms. The lowest BCUT2D eigenvalue weighted by Crippen LogP contribution is -2.33. The molecule has 1 fully saturated rings. The van der Waals surface area contributed by atoms with Crippen molar-refractivity contribution < 1.29 is 9.53 Å². The lowest BCUT2D eigenvalue weighted by molar-refractivity contribution is 0.0763. The smallest absolute Gasteiger partial charge is 0.257 e. The van der Waals surface area contributed by atoms with Crippen molar-refractivity contribution in [2.45, 2.75) is 11.7 Å². The van der Waals surface area contributed by atoms with Crippen LogP contribution in [-0.2, 0) is 0 Å². The summed E-state index contributed by atoms with van der Waals surface area (Å²) < 4.78 is 5.33. The molecule has 2 aromatic rings. The third-order valence-electron chi connectivity index (χ3n) is 4.14. The Balaban J connectivity index is 1.71. The van der Waals surface area contributed by atoms with Gasteiger partial charge >= 0.3 is 0 Å². The maximum absolute atomic E-state index is 12.8. The zero-order chi connectivity index (χ0) is 16.1. The molecule has 1 heterocycles. The maximum atomic E-state index is 12.8. The van der Waals surface area contributed by atoms with Crippen molar-refractivity contribution in [2.75, 3.05) is 26.0 Å². The van der Waals surface area contributed by atoms with E-state index in [1.54, 1.807) is 7.11 Å². The summed E-state index contributed by atoms with van der Waals surface area (Å²) in [4.78, 5) is 14.8. The number of para-hydroxylation sites is 1. The number of hydrogen-bond donors (Lipinski definition) is 0. The summed E-state index contributed by atoms with van der Waals surface area (Å²) in [5.74, 6) is 1.67. The summed E-state index contributed by atoms with van der Waals surface area (Å²) in [6, 6.07) is 18.0. The van der Waals surface area contributed by atoms with Crippen LogP contribution in [0.15, 0.2) is 54.6 Å². The van der Waals surface area contributed by atoms with E-state index in [0.29, 0.717) is 16.6 Å². The molecule has 3 nitrogen and oxygen atoms in total. The van der Waals surface area contributed by atoms with Crippen LogP contribution in [0.5, 0.6) is 5.75 Å². The van der Waals surface area contributed by atoms with E-state index < -0.39 is 0 Å². The molecule has 1 atom stereocenters. The predicted octanol–water partition coefficient (Wildman–Crippen LogP) is 4.02. The Bertz CT molecular complexity index is 659. The van der Waals surface area contributed by atoms with Crippen LogP contribution in [0.4, 0.5) is 0 Å². The Labute approximate surface area is 141 Å². The van der Waals surface area contributed by atoms with E-state index in [-0.39, 0.29) is 5.91 Å². The number of methoxy groups -OCH3 is 1. The molecule has 0 saturated carbocycles. The highest BCUT2D eigenvalue weighted by molar-refractivity contribution is 7.99. The van der Waals surface area contributed by atoms with Gasteiger partial charge in [-0.1, -0.05) is 42.5 Å². The van der Waals surface area contributed by atoms with Crippen LogP contribution in [0, 0.1) is 0 Å². The zero-order valence-electron chi connectivity index (χ0n) is 13.3. The van der Waals surface area contributed by atoms with E-state index in [0.717, 1.165) is 25.3 Å². The van der Waals surface area contributed by atoms with Crippen LogP contribution in [0.1, 0.15) is 27.6 Å². The summed E-state index contributed by atoms with van der Waals surface area (Å²) in [6.45, 7) is 1.56. The largest absolute Gasteiger partial charge is 0.496 e. The Morgan fingerprint density at radius 2 is 1.83 bits per heavy atom. The summed E-state index contributed by atoms with van der Waals surface area (Å²) in [7, 11) is 1.61. The molecule has 0 unspecified atom stereocenters. The molecular formula is C19H21NO2S. The van der Waals surface area contributed by atoms with Crippen molar-refractivity contribution >= 4 is 17.7 Å². The van der Waals surface area contributed by atoms with Crippen molar-refractivity contribution in [2.24, 2.45) is 0 Å². The van der Waals surface area contributed by atoms with E-state index in [1.165, 1.54) is 5.56 Å². The number of benzene rings is 2. The topological polar surface area (TPSA) is 29.5 Å². The average molecular weight is 327 g/mol. The standard InChI is InChI=1S/C19H21NO2S/c1-22-17-10-6-5-9-16(17)19(21)20-12-11-18(23-14-13-20)15-7-3-2-4-8-15/h2-10,18H,11-14H2,1H3/t18-/m1/s1. The molecular weight excluding hydrogens is 306 g/mol. The number of thioether (sulfide) groups is 1. The quantitative estimate of drug-likeness (QED) is 0.853. The van der Waals surface area contributed by atoms with Gasteiger partial charge in [0.25, 0.3) is 5.91 Å². The second kappa shape index (κ2) is 7.55. The molecule has 0 bridgehead atoms. The SMILES string of the molecule is COc1ccccc1C(=O)N1CCS[C@@H](c2ccccc2)CC1. The molecule has 0 aliphatic carbocycles. The number of ether oxygens (including phenoxy) is 1. The maximum Gasteiger partial charge on any atom is 0.257 e. The van der Waals surface area contributed by atoms with Crippen molar-refractivity contribution in [3.05, 3.63) is 65.7 Å². The minimum atomic E-state index is 0.0664. The molecule has 23 heavy (non-hydrogen) atoms. The second-order valence-corrected chi connectivity index (χ2v) is 6.86. The lowest BCUT2D eigenvalue weighted by Gasteiger charge is -2.21. The third-order valence-corrected chi connectivity index (χ3v) is 5.47. The van der Waals surface area contributed by atoms with Crippen LogP contribution >= 0.6 is 11.8 Å². The molecule has 0 aromatic heterocycles. The van der Waals surface area contributed by atoms with Crippen LogP contribution < -0.4 is 4.74 Å². The van der Waals surface area contributed by atoms with E-state index in [1.807, 2.05) is 47.0 Å².